The van der Waals surface area contributed by atoms with Crippen molar-refractivity contribution >= 4 is 31.9 Å². The van der Waals surface area contributed by atoms with E-state index in [1.807, 2.05) is 48.5 Å². The van der Waals surface area contributed by atoms with Crippen LogP contribution in [0.2, 0.25) is 0 Å². The Morgan fingerprint density at radius 3 is 2.17 bits per heavy atom. The third-order valence-electron chi connectivity index (χ3n) is 2.81. The zero-order valence-corrected chi connectivity index (χ0v) is 12.7. The van der Waals surface area contributed by atoms with Gasteiger partial charge in [0.25, 0.3) is 0 Å². The number of aliphatic hydroxyl groups excluding tert-OH is 1. The molecule has 0 aromatic heterocycles. The summed E-state index contributed by atoms with van der Waals surface area (Å²) in [6.07, 6.45) is -0.725. The van der Waals surface area contributed by atoms with Gasteiger partial charge < -0.3 is 10.8 Å². The van der Waals surface area contributed by atoms with Crippen molar-refractivity contribution in [2.75, 3.05) is 0 Å². The summed E-state index contributed by atoms with van der Waals surface area (Å²) in [7, 11) is 0. The highest BCUT2D eigenvalue weighted by Gasteiger charge is 2.19. The number of benzene rings is 2. The fourth-order valence-corrected chi connectivity index (χ4v) is 2.40. The third kappa shape index (κ3) is 3.01. The van der Waals surface area contributed by atoms with Gasteiger partial charge in [-0.1, -0.05) is 36.4 Å². The molecule has 0 amide bonds. The highest BCUT2D eigenvalue weighted by molar-refractivity contribution is 9.13. The number of hydrogen-bond donors (Lipinski definition) is 2. The quantitative estimate of drug-likeness (QED) is 0.859. The summed E-state index contributed by atoms with van der Waals surface area (Å²) in [6.45, 7) is 0. The van der Waals surface area contributed by atoms with Crippen LogP contribution in [0.25, 0.3) is 0 Å². The van der Waals surface area contributed by atoms with Crippen LogP contribution < -0.4 is 5.73 Å². The first-order valence-corrected chi connectivity index (χ1v) is 7.11. The van der Waals surface area contributed by atoms with Crippen LogP contribution in [0.15, 0.2) is 57.5 Å². The molecule has 0 bridgehead atoms. The SMILES string of the molecule is NC(c1ccccc1)C(O)c1ccc(Br)c(Br)c1. The molecule has 2 aromatic rings. The standard InChI is InChI=1S/C14H13Br2NO/c15-11-7-6-10(8-12(11)16)14(18)13(17)9-4-2-1-3-5-9/h1-8,13-14,18H,17H2. The average Bonchev–Trinajstić information content (AvgIpc) is 2.41. The minimum absolute atomic E-state index is 0.431. The van der Waals surface area contributed by atoms with E-state index in [0.717, 1.165) is 20.1 Å². The normalized spacial score (nSPS) is 14.2. The largest absolute Gasteiger partial charge is 0.386 e. The molecule has 2 rings (SSSR count). The van der Waals surface area contributed by atoms with E-state index in [9.17, 15) is 5.11 Å². The van der Waals surface area contributed by atoms with E-state index in [1.54, 1.807) is 0 Å². The van der Waals surface area contributed by atoms with Crippen LogP contribution in [-0.4, -0.2) is 5.11 Å². The zero-order valence-electron chi connectivity index (χ0n) is 9.55. The third-order valence-corrected chi connectivity index (χ3v) is 4.69. The molecule has 0 aliphatic heterocycles. The zero-order chi connectivity index (χ0) is 13.1. The molecular weight excluding hydrogens is 358 g/mol. The van der Waals surface area contributed by atoms with Gasteiger partial charge in [-0.25, -0.2) is 0 Å². The second kappa shape index (κ2) is 5.97. The van der Waals surface area contributed by atoms with E-state index < -0.39 is 12.1 Å². The van der Waals surface area contributed by atoms with Crippen molar-refractivity contribution < 1.29 is 5.11 Å². The molecule has 0 spiro atoms. The lowest BCUT2D eigenvalue weighted by Crippen LogP contribution is -2.19. The predicted octanol–water partition coefficient (Wildman–Crippen LogP) is 3.95. The van der Waals surface area contributed by atoms with Crippen LogP contribution in [0.1, 0.15) is 23.3 Å². The molecule has 3 N–H and O–H groups in total. The van der Waals surface area contributed by atoms with Gasteiger partial charge in [0, 0.05) is 8.95 Å². The van der Waals surface area contributed by atoms with Gasteiger partial charge >= 0.3 is 0 Å². The summed E-state index contributed by atoms with van der Waals surface area (Å²) < 4.78 is 1.85. The summed E-state index contributed by atoms with van der Waals surface area (Å²) in [5.74, 6) is 0. The fraction of sp³-hybridized carbons (Fsp3) is 0.143. The Balaban J connectivity index is 2.25. The summed E-state index contributed by atoms with van der Waals surface area (Å²) >= 11 is 6.82. The number of rotatable bonds is 3. The second-order valence-electron chi connectivity index (χ2n) is 4.05. The van der Waals surface area contributed by atoms with Gasteiger partial charge in [-0.3, -0.25) is 0 Å². The molecule has 2 atom stereocenters. The Morgan fingerprint density at radius 1 is 0.889 bits per heavy atom. The first kappa shape index (κ1) is 13.7. The summed E-state index contributed by atoms with van der Waals surface area (Å²) in [6, 6.07) is 14.8. The van der Waals surface area contributed by atoms with Gasteiger partial charge in [0.1, 0.15) is 0 Å². The monoisotopic (exact) mass is 369 g/mol. The number of aliphatic hydroxyl groups is 1. The van der Waals surface area contributed by atoms with Crippen LogP contribution in [0.5, 0.6) is 0 Å². The van der Waals surface area contributed by atoms with Crippen molar-refractivity contribution in [3.05, 3.63) is 68.6 Å². The molecule has 0 saturated heterocycles. The van der Waals surface area contributed by atoms with Gasteiger partial charge in [-0.05, 0) is 55.1 Å². The molecule has 0 heterocycles. The maximum absolute atomic E-state index is 10.3. The topological polar surface area (TPSA) is 46.2 Å². The molecule has 2 unspecified atom stereocenters. The predicted molar refractivity (Wildman–Crippen MR) is 80.2 cm³/mol. The highest BCUT2D eigenvalue weighted by atomic mass is 79.9. The highest BCUT2D eigenvalue weighted by Crippen LogP contribution is 2.31. The lowest BCUT2D eigenvalue weighted by atomic mass is 9.97. The Morgan fingerprint density at radius 2 is 1.56 bits per heavy atom. The first-order chi connectivity index (χ1) is 8.59. The van der Waals surface area contributed by atoms with Crippen molar-refractivity contribution in [1.29, 1.82) is 0 Å². The molecule has 2 aromatic carbocycles. The van der Waals surface area contributed by atoms with Crippen LogP contribution in [-0.2, 0) is 0 Å². The molecule has 2 nitrogen and oxygen atoms in total. The molecule has 18 heavy (non-hydrogen) atoms. The molecular formula is C14H13Br2NO. The molecule has 94 valence electrons. The van der Waals surface area contributed by atoms with Crippen LogP contribution in [0.4, 0.5) is 0 Å². The minimum atomic E-state index is -0.725. The molecule has 0 aliphatic rings. The molecule has 0 saturated carbocycles. The molecule has 0 fully saturated rings. The minimum Gasteiger partial charge on any atom is -0.386 e. The van der Waals surface area contributed by atoms with Crippen molar-refractivity contribution in [3.8, 4) is 0 Å². The van der Waals surface area contributed by atoms with E-state index in [4.69, 9.17) is 5.73 Å². The van der Waals surface area contributed by atoms with E-state index >= 15 is 0 Å². The van der Waals surface area contributed by atoms with Crippen molar-refractivity contribution in [2.24, 2.45) is 5.73 Å². The number of nitrogens with two attached hydrogens (primary N) is 1. The van der Waals surface area contributed by atoms with Crippen molar-refractivity contribution in [1.82, 2.24) is 0 Å². The van der Waals surface area contributed by atoms with Crippen LogP contribution in [0.3, 0.4) is 0 Å². The summed E-state index contributed by atoms with van der Waals surface area (Å²) in [5, 5.41) is 10.3. The van der Waals surface area contributed by atoms with E-state index in [2.05, 4.69) is 31.9 Å². The van der Waals surface area contributed by atoms with Gasteiger partial charge in [0.15, 0.2) is 0 Å². The fourth-order valence-electron chi connectivity index (χ4n) is 1.76. The molecule has 0 radical (unpaired) electrons. The number of hydrogen-bond acceptors (Lipinski definition) is 2. The number of halogens is 2. The lowest BCUT2D eigenvalue weighted by molar-refractivity contribution is 0.147. The van der Waals surface area contributed by atoms with E-state index in [0.29, 0.717) is 0 Å². The summed E-state index contributed by atoms with van der Waals surface area (Å²) in [5.41, 5.74) is 7.80. The van der Waals surface area contributed by atoms with Crippen molar-refractivity contribution in [2.45, 2.75) is 12.1 Å². The molecule has 0 aliphatic carbocycles. The van der Waals surface area contributed by atoms with E-state index in [-0.39, 0.29) is 0 Å². The van der Waals surface area contributed by atoms with Crippen LogP contribution in [0, 0.1) is 0 Å². The van der Waals surface area contributed by atoms with Crippen molar-refractivity contribution in [3.63, 3.8) is 0 Å². The Labute approximate surface area is 123 Å². The maximum Gasteiger partial charge on any atom is 0.0982 e. The van der Waals surface area contributed by atoms with Gasteiger partial charge in [-0.2, -0.15) is 0 Å². The molecule has 4 heteroatoms. The Hall–Kier alpha value is -0.680. The Bertz CT molecular complexity index is 531. The Kier molecular flexibility index (Phi) is 4.56. The summed E-state index contributed by atoms with van der Waals surface area (Å²) in [4.78, 5) is 0. The van der Waals surface area contributed by atoms with Gasteiger partial charge in [-0.15, -0.1) is 0 Å². The van der Waals surface area contributed by atoms with Crippen LogP contribution >= 0.6 is 31.9 Å². The van der Waals surface area contributed by atoms with Gasteiger partial charge in [0.05, 0.1) is 12.1 Å². The van der Waals surface area contributed by atoms with E-state index in [1.165, 1.54) is 0 Å². The second-order valence-corrected chi connectivity index (χ2v) is 5.76. The van der Waals surface area contributed by atoms with Gasteiger partial charge in [0.2, 0.25) is 0 Å². The smallest absolute Gasteiger partial charge is 0.0982 e. The lowest BCUT2D eigenvalue weighted by Gasteiger charge is -2.20. The average molecular weight is 371 g/mol. The maximum atomic E-state index is 10.3. The first-order valence-electron chi connectivity index (χ1n) is 5.53.